The van der Waals surface area contributed by atoms with Crippen LogP contribution in [0.25, 0.3) is 0 Å². The molecule has 0 fully saturated rings. The summed E-state index contributed by atoms with van der Waals surface area (Å²) in [6.07, 6.45) is 2.76. The van der Waals surface area contributed by atoms with Crippen LogP contribution in [0.15, 0.2) is 18.3 Å². The van der Waals surface area contributed by atoms with E-state index in [9.17, 15) is 0 Å². The van der Waals surface area contributed by atoms with Crippen LogP contribution in [0.1, 0.15) is 36.5 Å². The van der Waals surface area contributed by atoms with Gasteiger partial charge in [0.05, 0.1) is 16.4 Å². The SMILES string of the molecule is CCc1nn(CC)c(CNCc2ccc(C)nc2)c1Cl. The highest BCUT2D eigenvalue weighted by molar-refractivity contribution is 6.31. The van der Waals surface area contributed by atoms with Crippen molar-refractivity contribution >= 4 is 11.6 Å². The van der Waals surface area contributed by atoms with Crippen LogP contribution in [0.2, 0.25) is 5.02 Å². The van der Waals surface area contributed by atoms with Gasteiger partial charge in [-0.2, -0.15) is 5.10 Å². The predicted octanol–water partition coefficient (Wildman–Crippen LogP) is 3.11. The van der Waals surface area contributed by atoms with Crippen LogP contribution in [0.3, 0.4) is 0 Å². The van der Waals surface area contributed by atoms with E-state index in [1.807, 2.05) is 23.9 Å². The fourth-order valence-corrected chi connectivity index (χ4v) is 2.45. The molecule has 20 heavy (non-hydrogen) atoms. The lowest BCUT2D eigenvalue weighted by atomic mass is 10.2. The zero-order chi connectivity index (χ0) is 14.5. The summed E-state index contributed by atoms with van der Waals surface area (Å²) in [4.78, 5) is 4.29. The summed E-state index contributed by atoms with van der Waals surface area (Å²) < 4.78 is 1.97. The molecular weight excluding hydrogens is 272 g/mol. The Morgan fingerprint density at radius 1 is 1.25 bits per heavy atom. The van der Waals surface area contributed by atoms with E-state index >= 15 is 0 Å². The van der Waals surface area contributed by atoms with Gasteiger partial charge in [0, 0.05) is 31.5 Å². The number of aryl methyl sites for hydroxylation is 3. The molecule has 2 aromatic heterocycles. The van der Waals surface area contributed by atoms with Crippen LogP contribution in [0, 0.1) is 6.92 Å². The van der Waals surface area contributed by atoms with Gasteiger partial charge in [0.2, 0.25) is 0 Å². The number of rotatable bonds is 6. The second kappa shape index (κ2) is 6.86. The third kappa shape index (κ3) is 3.38. The lowest BCUT2D eigenvalue weighted by Crippen LogP contribution is -2.16. The molecule has 108 valence electrons. The highest BCUT2D eigenvalue weighted by Gasteiger charge is 2.13. The van der Waals surface area contributed by atoms with Crippen molar-refractivity contribution in [1.29, 1.82) is 0 Å². The number of hydrogen-bond acceptors (Lipinski definition) is 3. The summed E-state index contributed by atoms with van der Waals surface area (Å²) in [6.45, 7) is 8.47. The van der Waals surface area contributed by atoms with Crippen molar-refractivity contribution in [3.05, 3.63) is 46.0 Å². The third-order valence-corrected chi connectivity index (χ3v) is 3.72. The molecule has 0 saturated carbocycles. The molecule has 0 bridgehead atoms. The molecule has 0 saturated heterocycles. The minimum atomic E-state index is 0.716. The average Bonchev–Trinajstić information content (AvgIpc) is 2.77. The van der Waals surface area contributed by atoms with Gasteiger partial charge in [-0.3, -0.25) is 9.67 Å². The zero-order valence-electron chi connectivity index (χ0n) is 12.3. The van der Waals surface area contributed by atoms with E-state index in [4.69, 9.17) is 11.6 Å². The number of nitrogens with one attached hydrogen (secondary N) is 1. The minimum Gasteiger partial charge on any atom is -0.307 e. The van der Waals surface area contributed by atoms with Crippen LogP contribution >= 0.6 is 11.6 Å². The standard InChI is InChI=1S/C15H21ClN4/c1-4-13-15(16)14(20(5-2)19-13)10-17-8-12-7-6-11(3)18-9-12/h6-7,9,17H,4-5,8,10H2,1-3H3. The summed E-state index contributed by atoms with van der Waals surface area (Å²) in [6, 6.07) is 4.11. The van der Waals surface area contributed by atoms with E-state index in [2.05, 4.69) is 35.3 Å². The predicted molar refractivity (Wildman–Crippen MR) is 81.8 cm³/mol. The Bertz CT molecular complexity index is 560. The first kappa shape index (κ1) is 15.0. The Hall–Kier alpha value is -1.39. The molecule has 0 aliphatic rings. The number of halogens is 1. The first-order chi connectivity index (χ1) is 9.65. The number of aromatic nitrogens is 3. The summed E-state index contributed by atoms with van der Waals surface area (Å²) in [5.41, 5.74) is 4.24. The van der Waals surface area contributed by atoms with E-state index in [1.165, 1.54) is 5.56 Å². The second-order valence-corrected chi connectivity index (χ2v) is 5.17. The monoisotopic (exact) mass is 292 g/mol. The molecule has 0 aliphatic carbocycles. The van der Waals surface area contributed by atoms with Crippen molar-refractivity contribution in [3.63, 3.8) is 0 Å². The van der Waals surface area contributed by atoms with Crippen molar-refractivity contribution in [2.24, 2.45) is 0 Å². The van der Waals surface area contributed by atoms with Crippen LogP contribution < -0.4 is 5.32 Å². The molecule has 2 aromatic rings. The Labute approximate surface area is 125 Å². The average molecular weight is 293 g/mol. The minimum absolute atomic E-state index is 0.716. The molecule has 5 heteroatoms. The molecule has 4 nitrogen and oxygen atoms in total. The van der Waals surface area contributed by atoms with Crippen molar-refractivity contribution in [1.82, 2.24) is 20.1 Å². The maximum atomic E-state index is 6.38. The smallest absolute Gasteiger partial charge is 0.0863 e. The Balaban J connectivity index is 2.00. The van der Waals surface area contributed by atoms with E-state index in [-0.39, 0.29) is 0 Å². The van der Waals surface area contributed by atoms with Crippen LogP contribution in [-0.4, -0.2) is 14.8 Å². The summed E-state index contributed by atoms with van der Waals surface area (Å²) in [5, 5.41) is 8.72. The molecule has 2 heterocycles. The molecule has 0 radical (unpaired) electrons. The fraction of sp³-hybridized carbons (Fsp3) is 0.467. The first-order valence-corrected chi connectivity index (χ1v) is 7.39. The van der Waals surface area contributed by atoms with Crippen LogP contribution in [0.5, 0.6) is 0 Å². The molecule has 0 aromatic carbocycles. The normalized spacial score (nSPS) is 11.0. The van der Waals surface area contributed by atoms with Gasteiger partial charge in [-0.05, 0) is 31.9 Å². The van der Waals surface area contributed by atoms with Gasteiger partial charge >= 0.3 is 0 Å². The molecule has 0 spiro atoms. The molecule has 2 rings (SSSR count). The van der Waals surface area contributed by atoms with E-state index in [0.29, 0.717) is 6.54 Å². The van der Waals surface area contributed by atoms with Gasteiger partial charge in [0.1, 0.15) is 0 Å². The first-order valence-electron chi connectivity index (χ1n) is 7.02. The van der Waals surface area contributed by atoms with E-state index < -0.39 is 0 Å². The molecule has 0 unspecified atom stereocenters. The van der Waals surface area contributed by atoms with Crippen molar-refractivity contribution in [3.8, 4) is 0 Å². The largest absolute Gasteiger partial charge is 0.307 e. The van der Waals surface area contributed by atoms with Gasteiger partial charge in [-0.15, -0.1) is 0 Å². The Morgan fingerprint density at radius 3 is 2.65 bits per heavy atom. The molecule has 0 atom stereocenters. The summed E-state index contributed by atoms with van der Waals surface area (Å²) >= 11 is 6.38. The lowest BCUT2D eigenvalue weighted by Gasteiger charge is -2.07. The quantitative estimate of drug-likeness (QED) is 0.889. The number of nitrogens with zero attached hydrogens (tertiary/aromatic N) is 3. The molecule has 0 aliphatic heterocycles. The number of pyridine rings is 1. The van der Waals surface area contributed by atoms with E-state index in [0.717, 1.165) is 41.6 Å². The molecular formula is C15H21ClN4. The van der Waals surface area contributed by atoms with Gasteiger partial charge in [0.15, 0.2) is 0 Å². The second-order valence-electron chi connectivity index (χ2n) is 4.79. The van der Waals surface area contributed by atoms with Crippen molar-refractivity contribution in [2.45, 2.75) is 46.8 Å². The van der Waals surface area contributed by atoms with Crippen LogP contribution in [-0.2, 0) is 26.1 Å². The van der Waals surface area contributed by atoms with Crippen LogP contribution in [0.4, 0.5) is 0 Å². The highest BCUT2D eigenvalue weighted by Crippen LogP contribution is 2.21. The van der Waals surface area contributed by atoms with E-state index in [1.54, 1.807) is 0 Å². The fourth-order valence-electron chi connectivity index (χ4n) is 2.11. The Morgan fingerprint density at radius 2 is 2.05 bits per heavy atom. The summed E-state index contributed by atoms with van der Waals surface area (Å²) in [5.74, 6) is 0. The third-order valence-electron chi connectivity index (χ3n) is 3.29. The maximum Gasteiger partial charge on any atom is 0.0863 e. The van der Waals surface area contributed by atoms with Crippen molar-refractivity contribution < 1.29 is 0 Å². The maximum absolute atomic E-state index is 6.38. The molecule has 0 amide bonds. The molecule has 1 N–H and O–H groups in total. The summed E-state index contributed by atoms with van der Waals surface area (Å²) in [7, 11) is 0. The van der Waals surface area contributed by atoms with Crippen molar-refractivity contribution in [2.75, 3.05) is 0 Å². The Kier molecular flexibility index (Phi) is 5.15. The van der Waals surface area contributed by atoms with Gasteiger partial charge in [0.25, 0.3) is 0 Å². The zero-order valence-corrected chi connectivity index (χ0v) is 13.0. The topological polar surface area (TPSA) is 42.7 Å². The van der Waals surface area contributed by atoms with Gasteiger partial charge < -0.3 is 5.32 Å². The highest BCUT2D eigenvalue weighted by atomic mass is 35.5. The van der Waals surface area contributed by atoms with Gasteiger partial charge in [-0.1, -0.05) is 24.6 Å². The van der Waals surface area contributed by atoms with Gasteiger partial charge in [-0.25, -0.2) is 0 Å². The lowest BCUT2D eigenvalue weighted by molar-refractivity contribution is 0.577. The number of hydrogen-bond donors (Lipinski definition) is 1.